The number of nitrogens with one attached hydrogen (secondary N) is 2. The molecule has 0 spiro atoms. The Morgan fingerprint density at radius 2 is 1.84 bits per heavy atom. The maximum atomic E-state index is 12.9. The van der Waals surface area contributed by atoms with E-state index < -0.39 is 0 Å². The lowest BCUT2D eigenvalue weighted by Crippen LogP contribution is -2.37. The SMILES string of the molecule is CCc1ccccc1NC(=O)N(CCOC)Cc1nc(C(=O)NCc2ccccc2)cs1. The Morgan fingerprint density at radius 3 is 2.59 bits per heavy atom. The van der Waals surface area contributed by atoms with E-state index in [1.165, 1.54) is 11.3 Å². The summed E-state index contributed by atoms with van der Waals surface area (Å²) >= 11 is 1.36. The molecule has 0 aliphatic rings. The third-order valence-electron chi connectivity index (χ3n) is 4.90. The third-order valence-corrected chi connectivity index (χ3v) is 5.73. The van der Waals surface area contributed by atoms with Crippen LogP contribution in [0.25, 0.3) is 0 Å². The van der Waals surface area contributed by atoms with Crippen molar-refractivity contribution in [1.82, 2.24) is 15.2 Å². The summed E-state index contributed by atoms with van der Waals surface area (Å²) in [5.74, 6) is -0.235. The number of anilines is 1. The number of benzene rings is 2. The number of carbonyl (C=O) groups is 2. The van der Waals surface area contributed by atoms with Gasteiger partial charge in [0.15, 0.2) is 0 Å². The Morgan fingerprint density at radius 1 is 1.09 bits per heavy atom. The Balaban J connectivity index is 1.63. The van der Waals surface area contributed by atoms with Crippen molar-refractivity contribution in [2.45, 2.75) is 26.4 Å². The molecule has 0 bridgehead atoms. The van der Waals surface area contributed by atoms with E-state index in [0.717, 1.165) is 23.2 Å². The molecular formula is C24H28N4O3S. The second kappa shape index (κ2) is 12.0. The molecule has 32 heavy (non-hydrogen) atoms. The van der Waals surface area contributed by atoms with E-state index in [0.29, 0.717) is 36.9 Å². The molecule has 7 nitrogen and oxygen atoms in total. The quantitative estimate of drug-likeness (QED) is 0.480. The molecule has 2 aromatic carbocycles. The summed E-state index contributed by atoms with van der Waals surface area (Å²) in [5, 5.41) is 8.27. The first-order valence-electron chi connectivity index (χ1n) is 10.5. The zero-order valence-electron chi connectivity index (χ0n) is 18.3. The van der Waals surface area contributed by atoms with Gasteiger partial charge in [-0.25, -0.2) is 9.78 Å². The molecule has 0 fully saturated rings. The molecule has 1 aromatic heterocycles. The van der Waals surface area contributed by atoms with E-state index in [1.54, 1.807) is 17.4 Å². The van der Waals surface area contributed by atoms with E-state index in [-0.39, 0.29) is 11.9 Å². The van der Waals surface area contributed by atoms with Gasteiger partial charge in [0.05, 0.1) is 13.2 Å². The van der Waals surface area contributed by atoms with E-state index >= 15 is 0 Å². The fourth-order valence-electron chi connectivity index (χ4n) is 3.12. The minimum atomic E-state index is -0.235. The largest absolute Gasteiger partial charge is 0.383 e. The standard InChI is InChI=1S/C24H28N4O3S/c1-3-19-11-7-8-12-20(19)27-24(30)28(13-14-31-2)16-22-26-21(17-32-22)23(29)25-15-18-9-5-4-6-10-18/h4-12,17H,3,13-16H2,1-2H3,(H,25,29)(H,27,30). The zero-order chi connectivity index (χ0) is 22.8. The van der Waals surface area contributed by atoms with Crippen LogP contribution in [-0.4, -0.2) is 42.1 Å². The number of nitrogens with zero attached hydrogens (tertiary/aromatic N) is 2. The molecular weight excluding hydrogens is 424 g/mol. The molecule has 0 saturated carbocycles. The summed E-state index contributed by atoms with van der Waals surface area (Å²) in [5.41, 5.74) is 3.23. The lowest BCUT2D eigenvalue weighted by molar-refractivity contribution is 0.0946. The van der Waals surface area contributed by atoms with Crippen LogP contribution in [0, 0.1) is 0 Å². The summed E-state index contributed by atoms with van der Waals surface area (Å²) in [6.45, 7) is 3.59. The fourth-order valence-corrected chi connectivity index (χ4v) is 3.91. The number of ether oxygens (including phenoxy) is 1. The van der Waals surface area contributed by atoms with Gasteiger partial charge in [-0.3, -0.25) is 4.79 Å². The number of amides is 3. The van der Waals surface area contributed by atoms with Crippen LogP contribution in [-0.2, 0) is 24.2 Å². The third kappa shape index (κ3) is 6.63. The van der Waals surface area contributed by atoms with Crippen molar-refractivity contribution in [2.75, 3.05) is 25.6 Å². The molecule has 3 aromatic rings. The number of rotatable bonds is 10. The number of thiazole rings is 1. The molecule has 3 amide bonds. The molecule has 8 heteroatoms. The highest BCUT2D eigenvalue weighted by molar-refractivity contribution is 7.09. The van der Waals surface area contributed by atoms with E-state index in [4.69, 9.17) is 4.74 Å². The van der Waals surface area contributed by atoms with Crippen molar-refractivity contribution < 1.29 is 14.3 Å². The van der Waals surface area contributed by atoms with Gasteiger partial charge in [-0.15, -0.1) is 11.3 Å². The lowest BCUT2D eigenvalue weighted by Gasteiger charge is -2.22. The average Bonchev–Trinajstić information content (AvgIpc) is 3.30. The Bertz CT molecular complexity index is 1020. The molecule has 0 unspecified atom stereocenters. The highest BCUT2D eigenvalue weighted by Crippen LogP contribution is 2.18. The van der Waals surface area contributed by atoms with Gasteiger partial charge >= 0.3 is 6.03 Å². The molecule has 0 atom stereocenters. The number of urea groups is 1. The van der Waals surface area contributed by atoms with Gasteiger partial charge in [-0.05, 0) is 23.6 Å². The molecule has 168 valence electrons. The average molecular weight is 453 g/mol. The normalized spacial score (nSPS) is 10.6. The molecule has 3 rings (SSSR count). The van der Waals surface area contributed by atoms with Gasteiger partial charge in [0, 0.05) is 31.3 Å². The van der Waals surface area contributed by atoms with Gasteiger partial charge in [-0.2, -0.15) is 0 Å². The summed E-state index contributed by atoms with van der Waals surface area (Å²) in [6, 6.07) is 17.2. The van der Waals surface area contributed by atoms with Crippen molar-refractivity contribution in [3.63, 3.8) is 0 Å². The van der Waals surface area contributed by atoms with Crippen molar-refractivity contribution in [2.24, 2.45) is 0 Å². The highest BCUT2D eigenvalue weighted by Gasteiger charge is 2.18. The zero-order valence-corrected chi connectivity index (χ0v) is 19.2. The molecule has 0 saturated heterocycles. The molecule has 0 radical (unpaired) electrons. The van der Waals surface area contributed by atoms with Gasteiger partial charge in [0.2, 0.25) is 0 Å². The number of hydrogen-bond acceptors (Lipinski definition) is 5. The van der Waals surface area contributed by atoms with Crippen LogP contribution in [0.15, 0.2) is 60.0 Å². The summed E-state index contributed by atoms with van der Waals surface area (Å²) in [6.07, 6.45) is 0.822. The number of aromatic nitrogens is 1. The van der Waals surface area contributed by atoms with Crippen LogP contribution in [0.3, 0.4) is 0 Å². The van der Waals surface area contributed by atoms with Crippen LogP contribution < -0.4 is 10.6 Å². The van der Waals surface area contributed by atoms with E-state index in [1.807, 2.05) is 61.5 Å². The van der Waals surface area contributed by atoms with Gasteiger partial charge in [0.1, 0.15) is 10.7 Å². The Hall–Kier alpha value is -3.23. The Labute approximate surface area is 192 Å². The first-order chi connectivity index (χ1) is 15.6. The predicted molar refractivity (Wildman–Crippen MR) is 127 cm³/mol. The lowest BCUT2D eigenvalue weighted by atomic mass is 10.1. The van der Waals surface area contributed by atoms with Crippen LogP contribution in [0.4, 0.5) is 10.5 Å². The van der Waals surface area contributed by atoms with Crippen molar-refractivity contribution in [1.29, 1.82) is 0 Å². The first-order valence-corrected chi connectivity index (χ1v) is 11.4. The predicted octanol–water partition coefficient (Wildman–Crippen LogP) is 4.32. The topological polar surface area (TPSA) is 83.6 Å². The first kappa shape index (κ1) is 23.4. The number of hydrogen-bond donors (Lipinski definition) is 2. The van der Waals surface area contributed by atoms with Crippen LogP contribution >= 0.6 is 11.3 Å². The minimum absolute atomic E-state index is 0.228. The van der Waals surface area contributed by atoms with Crippen LogP contribution in [0.2, 0.25) is 0 Å². The number of methoxy groups -OCH3 is 1. The summed E-state index contributed by atoms with van der Waals surface area (Å²) < 4.78 is 5.17. The van der Waals surface area contributed by atoms with Crippen LogP contribution in [0.5, 0.6) is 0 Å². The van der Waals surface area contributed by atoms with E-state index in [2.05, 4.69) is 15.6 Å². The monoisotopic (exact) mass is 452 g/mol. The molecule has 0 aliphatic carbocycles. The second-order valence-electron chi connectivity index (χ2n) is 7.15. The molecule has 0 aliphatic heterocycles. The van der Waals surface area contributed by atoms with Crippen molar-refractivity contribution in [3.8, 4) is 0 Å². The number of para-hydroxylation sites is 1. The highest BCUT2D eigenvalue weighted by atomic mass is 32.1. The number of carbonyl (C=O) groups excluding carboxylic acids is 2. The maximum Gasteiger partial charge on any atom is 0.322 e. The van der Waals surface area contributed by atoms with E-state index in [9.17, 15) is 9.59 Å². The summed E-state index contributed by atoms with van der Waals surface area (Å²) in [7, 11) is 1.60. The second-order valence-corrected chi connectivity index (χ2v) is 8.09. The van der Waals surface area contributed by atoms with Crippen molar-refractivity contribution >= 4 is 29.0 Å². The minimum Gasteiger partial charge on any atom is -0.383 e. The maximum absolute atomic E-state index is 12.9. The van der Waals surface area contributed by atoms with Crippen LogP contribution in [0.1, 0.15) is 33.5 Å². The van der Waals surface area contributed by atoms with Gasteiger partial charge in [-0.1, -0.05) is 55.5 Å². The fraction of sp³-hybridized carbons (Fsp3) is 0.292. The molecule has 1 heterocycles. The Kier molecular flexibility index (Phi) is 8.77. The van der Waals surface area contributed by atoms with Gasteiger partial charge < -0.3 is 20.3 Å². The number of aryl methyl sites for hydroxylation is 1. The van der Waals surface area contributed by atoms with Gasteiger partial charge in [0.25, 0.3) is 5.91 Å². The van der Waals surface area contributed by atoms with Crippen molar-refractivity contribution in [3.05, 3.63) is 81.8 Å². The summed E-state index contributed by atoms with van der Waals surface area (Å²) in [4.78, 5) is 31.5. The smallest absolute Gasteiger partial charge is 0.322 e. The molecule has 2 N–H and O–H groups in total.